The molecule has 0 atom stereocenters. The maximum absolute atomic E-state index is 13.0. The Morgan fingerprint density at radius 1 is 1.47 bits per heavy atom. The van der Waals surface area contributed by atoms with E-state index in [1.165, 1.54) is 6.07 Å². The number of rotatable bonds is 2. The monoisotopic (exact) mass is 269 g/mol. The molecule has 1 aromatic carbocycles. The number of nitrogens with two attached hydrogens (primary N) is 1. The summed E-state index contributed by atoms with van der Waals surface area (Å²) in [4.78, 5) is 3.91. The average molecular weight is 270 g/mol. The van der Waals surface area contributed by atoms with Gasteiger partial charge in [0.25, 0.3) is 0 Å². The van der Waals surface area contributed by atoms with Gasteiger partial charge in [-0.1, -0.05) is 6.07 Å². The maximum atomic E-state index is 13.0. The Bertz CT molecular complexity index is 481. The second-order valence-electron chi connectivity index (χ2n) is 3.22. The summed E-state index contributed by atoms with van der Waals surface area (Å²) in [5, 5.41) is 0. The van der Waals surface area contributed by atoms with Gasteiger partial charge in [0.05, 0.1) is 10.8 Å². The van der Waals surface area contributed by atoms with Gasteiger partial charge in [0.15, 0.2) is 0 Å². The van der Waals surface area contributed by atoms with Crippen LogP contribution in [0, 0.1) is 5.82 Å². The number of nitrogens with zero attached hydrogens (tertiary/aromatic N) is 2. The fraction of sp³-hybridized carbons (Fsp3) is 0.100. The van der Waals surface area contributed by atoms with Crippen LogP contribution in [0.3, 0.4) is 0 Å². The van der Waals surface area contributed by atoms with Crippen LogP contribution in [-0.2, 0) is 6.54 Å². The molecule has 2 aromatic rings. The first kappa shape index (κ1) is 10.2. The van der Waals surface area contributed by atoms with Gasteiger partial charge in [-0.15, -0.1) is 0 Å². The number of nitrogen functional groups attached to an aromatic ring is 1. The van der Waals surface area contributed by atoms with Gasteiger partial charge in [-0.3, -0.25) is 0 Å². The first-order valence-corrected chi connectivity index (χ1v) is 5.15. The number of hydrogen-bond acceptors (Lipinski definition) is 2. The summed E-state index contributed by atoms with van der Waals surface area (Å²) in [6.45, 7) is 0.628. The van der Waals surface area contributed by atoms with E-state index in [-0.39, 0.29) is 5.82 Å². The second kappa shape index (κ2) is 4.02. The summed E-state index contributed by atoms with van der Waals surface area (Å²) < 4.78 is 15.3. The fourth-order valence-electron chi connectivity index (χ4n) is 1.31. The number of imidazole rings is 1. The van der Waals surface area contributed by atoms with Gasteiger partial charge >= 0.3 is 0 Å². The van der Waals surface area contributed by atoms with Crippen LogP contribution in [0.25, 0.3) is 0 Å². The molecule has 3 nitrogen and oxygen atoms in total. The van der Waals surface area contributed by atoms with Crippen LogP contribution in [0.15, 0.2) is 35.2 Å². The lowest BCUT2D eigenvalue weighted by atomic mass is 10.2. The van der Waals surface area contributed by atoms with Crippen LogP contribution >= 0.6 is 15.9 Å². The van der Waals surface area contributed by atoms with E-state index < -0.39 is 0 Å². The van der Waals surface area contributed by atoms with Gasteiger partial charge in [-0.2, -0.15) is 0 Å². The second-order valence-corrected chi connectivity index (χ2v) is 4.07. The van der Waals surface area contributed by atoms with E-state index in [2.05, 4.69) is 20.9 Å². The van der Waals surface area contributed by atoms with Crippen molar-refractivity contribution in [3.63, 3.8) is 0 Å². The maximum Gasteiger partial charge on any atom is 0.141 e. The van der Waals surface area contributed by atoms with E-state index in [1.807, 2.05) is 4.57 Å². The zero-order chi connectivity index (χ0) is 10.8. The molecule has 0 amide bonds. The van der Waals surface area contributed by atoms with E-state index in [4.69, 9.17) is 5.73 Å². The third kappa shape index (κ3) is 2.36. The summed E-state index contributed by atoms with van der Waals surface area (Å²) >= 11 is 3.14. The molecule has 0 aliphatic heterocycles. The van der Waals surface area contributed by atoms with Crippen molar-refractivity contribution < 1.29 is 4.39 Å². The van der Waals surface area contributed by atoms with Crippen molar-refractivity contribution in [1.82, 2.24) is 9.55 Å². The quantitative estimate of drug-likeness (QED) is 0.910. The predicted molar refractivity (Wildman–Crippen MR) is 59.8 cm³/mol. The third-order valence-corrected chi connectivity index (χ3v) is 2.61. The molecule has 0 spiro atoms. The van der Waals surface area contributed by atoms with Crippen molar-refractivity contribution in [3.8, 4) is 0 Å². The van der Waals surface area contributed by atoms with E-state index in [9.17, 15) is 4.39 Å². The van der Waals surface area contributed by atoms with Gasteiger partial charge < -0.3 is 10.3 Å². The van der Waals surface area contributed by atoms with Crippen LogP contribution in [-0.4, -0.2) is 9.55 Å². The summed E-state index contributed by atoms with van der Waals surface area (Å²) in [5.74, 6) is 0.222. The first-order chi connectivity index (χ1) is 7.15. The summed E-state index contributed by atoms with van der Waals surface area (Å²) in [5.41, 5.74) is 6.47. The van der Waals surface area contributed by atoms with Gasteiger partial charge in [-0.05, 0) is 33.6 Å². The van der Waals surface area contributed by atoms with Crippen molar-refractivity contribution in [2.75, 3.05) is 5.73 Å². The summed E-state index contributed by atoms with van der Waals surface area (Å²) in [6, 6.07) is 4.90. The zero-order valence-corrected chi connectivity index (χ0v) is 9.41. The average Bonchev–Trinajstić information content (AvgIpc) is 2.58. The van der Waals surface area contributed by atoms with Gasteiger partial charge in [0.1, 0.15) is 11.6 Å². The SMILES string of the molecule is Nc1cn(Cc2ccc(F)c(Br)c2)cn1. The fourth-order valence-corrected chi connectivity index (χ4v) is 1.74. The Balaban J connectivity index is 2.21. The van der Waals surface area contributed by atoms with Crippen LogP contribution < -0.4 is 5.73 Å². The van der Waals surface area contributed by atoms with E-state index >= 15 is 0 Å². The molecule has 0 saturated heterocycles. The minimum Gasteiger partial charge on any atom is -0.382 e. The standard InChI is InChI=1S/C10H9BrFN3/c11-8-3-7(1-2-9(8)12)4-15-5-10(13)14-6-15/h1-3,5-6H,4,13H2. The predicted octanol–water partition coefficient (Wildman–Crippen LogP) is 2.42. The van der Waals surface area contributed by atoms with Crippen molar-refractivity contribution in [1.29, 1.82) is 0 Å². The van der Waals surface area contributed by atoms with Crippen LogP contribution in [0.2, 0.25) is 0 Å². The lowest BCUT2D eigenvalue weighted by Crippen LogP contribution is -1.96. The van der Waals surface area contributed by atoms with E-state index in [1.54, 1.807) is 24.7 Å². The highest BCUT2D eigenvalue weighted by Gasteiger charge is 2.01. The Morgan fingerprint density at radius 2 is 2.27 bits per heavy atom. The molecule has 0 aliphatic carbocycles. The molecule has 0 fully saturated rings. The normalized spacial score (nSPS) is 10.5. The minimum absolute atomic E-state index is 0.260. The lowest BCUT2D eigenvalue weighted by molar-refractivity contribution is 0.619. The molecule has 0 bridgehead atoms. The highest BCUT2D eigenvalue weighted by Crippen LogP contribution is 2.17. The molecule has 2 N–H and O–H groups in total. The number of halogens is 2. The van der Waals surface area contributed by atoms with Crippen molar-refractivity contribution >= 4 is 21.7 Å². The summed E-state index contributed by atoms with van der Waals surface area (Å²) in [6.07, 6.45) is 3.38. The van der Waals surface area contributed by atoms with Gasteiger partial charge in [0, 0.05) is 12.7 Å². The molecule has 2 rings (SSSR count). The molecule has 0 unspecified atom stereocenters. The molecular weight excluding hydrogens is 261 g/mol. The zero-order valence-electron chi connectivity index (χ0n) is 7.82. The number of benzene rings is 1. The Kier molecular flexibility index (Phi) is 2.73. The molecular formula is C10H9BrFN3. The summed E-state index contributed by atoms with van der Waals surface area (Å²) in [7, 11) is 0. The first-order valence-electron chi connectivity index (χ1n) is 4.36. The lowest BCUT2D eigenvalue weighted by Gasteiger charge is -2.03. The third-order valence-electron chi connectivity index (χ3n) is 2.00. The van der Waals surface area contributed by atoms with E-state index in [0.29, 0.717) is 16.8 Å². The Labute approximate surface area is 94.9 Å². The molecule has 0 saturated carbocycles. The minimum atomic E-state index is -0.260. The molecule has 78 valence electrons. The number of anilines is 1. The van der Waals surface area contributed by atoms with Crippen molar-refractivity contribution in [2.24, 2.45) is 0 Å². The molecule has 15 heavy (non-hydrogen) atoms. The molecule has 5 heteroatoms. The highest BCUT2D eigenvalue weighted by atomic mass is 79.9. The largest absolute Gasteiger partial charge is 0.382 e. The van der Waals surface area contributed by atoms with Gasteiger partial charge in [0.2, 0.25) is 0 Å². The molecule has 0 aliphatic rings. The van der Waals surface area contributed by atoms with Gasteiger partial charge in [-0.25, -0.2) is 9.37 Å². The molecule has 1 heterocycles. The van der Waals surface area contributed by atoms with E-state index in [0.717, 1.165) is 5.56 Å². The topological polar surface area (TPSA) is 43.8 Å². The van der Waals surface area contributed by atoms with Crippen LogP contribution in [0.1, 0.15) is 5.56 Å². The Morgan fingerprint density at radius 3 is 2.87 bits per heavy atom. The Hall–Kier alpha value is -1.36. The number of aromatic nitrogens is 2. The molecule has 0 radical (unpaired) electrons. The van der Waals surface area contributed by atoms with Crippen molar-refractivity contribution in [2.45, 2.75) is 6.54 Å². The van der Waals surface area contributed by atoms with Crippen molar-refractivity contribution in [3.05, 3.63) is 46.6 Å². The smallest absolute Gasteiger partial charge is 0.141 e. The van der Waals surface area contributed by atoms with Crippen LogP contribution in [0.5, 0.6) is 0 Å². The highest BCUT2D eigenvalue weighted by molar-refractivity contribution is 9.10. The van der Waals surface area contributed by atoms with Crippen LogP contribution in [0.4, 0.5) is 10.2 Å². The number of hydrogen-bond donors (Lipinski definition) is 1. The molecule has 1 aromatic heterocycles.